The molecule has 6 heteroatoms. The maximum Gasteiger partial charge on any atom is 0.315 e. The minimum absolute atomic E-state index is 0.240. The Morgan fingerprint density at radius 3 is 2.29 bits per heavy atom. The summed E-state index contributed by atoms with van der Waals surface area (Å²) in [4.78, 5) is 12.1. The van der Waals surface area contributed by atoms with Crippen molar-refractivity contribution < 1.29 is 19.0 Å². The van der Waals surface area contributed by atoms with Crippen LogP contribution in [0.15, 0.2) is 42.5 Å². The Hall–Kier alpha value is -2.89. The first-order valence-electron chi connectivity index (χ1n) is 9.66. The Kier molecular flexibility index (Phi) is 7.00. The number of rotatable bonds is 8. The molecule has 3 rings (SSSR count). The van der Waals surface area contributed by atoms with Gasteiger partial charge < -0.3 is 24.8 Å². The monoisotopic (exact) mass is 384 g/mol. The van der Waals surface area contributed by atoms with Crippen LogP contribution in [0.25, 0.3) is 0 Å². The summed E-state index contributed by atoms with van der Waals surface area (Å²) in [5, 5.41) is 5.71. The summed E-state index contributed by atoms with van der Waals surface area (Å²) >= 11 is 0. The van der Waals surface area contributed by atoms with Crippen LogP contribution in [-0.2, 0) is 13.1 Å². The number of amides is 2. The Morgan fingerprint density at radius 2 is 1.61 bits per heavy atom. The van der Waals surface area contributed by atoms with Gasteiger partial charge in [0.2, 0.25) is 0 Å². The van der Waals surface area contributed by atoms with E-state index in [0.717, 1.165) is 35.5 Å². The number of methoxy groups -OCH3 is 2. The van der Waals surface area contributed by atoms with Crippen LogP contribution in [0.2, 0.25) is 0 Å². The molecule has 0 aromatic heterocycles. The molecule has 2 amide bonds. The SMILES string of the molecule is COc1ccc(OC)c(CNC(=O)NCc2ccc(OC3CCCC3)cc2)c1. The van der Waals surface area contributed by atoms with Crippen molar-refractivity contribution in [1.82, 2.24) is 10.6 Å². The van der Waals surface area contributed by atoms with E-state index in [9.17, 15) is 4.79 Å². The first-order valence-corrected chi connectivity index (χ1v) is 9.66. The standard InChI is InChI=1S/C22H28N2O4/c1-26-20-11-12-21(27-2)17(13-20)15-24-22(25)23-14-16-7-9-19(10-8-16)28-18-5-3-4-6-18/h7-13,18H,3-6,14-15H2,1-2H3,(H2,23,24,25). The van der Waals surface area contributed by atoms with Gasteiger partial charge in [-0.3, -0.25) is 0 Å². The van der Waals surface area contributed by atoms with Crippen LogP contribution in [0.5, 0.6) is 17.2 Å². The molecule has 28 heavy (non-hydrogen) atoms. The molecule has 0 saturated heterocycles. The van der Waals surface area contributed by atoms with Crippen LogP contribution >= 0.6 is 0 Å². The zero-order valence-corrected chi connectivity index (χ0v) is 16.5. The molecule has 0 aliphatic heterocycles. The number of urea groups is 1. The molecule has 0 radical (unpaired) electrons. The Bertz CT molecular complexity index is 771. The van der Waals surface area contributed by atoms with Crippen molar-refractivity contribution in [1.29, 1.82) is 0 Å². The molecule has 0 heterocycles. The Labute approximate surface area is 166 Å². The van der Waals surface area contributed by atoms with Gasteiger partial charge in [0.15, 0.2) is 0 Å². The van der Waals surface area contributed by atoms with Gasteiger partial charge in [-0.25, -0.2) is 4.79 Å². The van der Waals surface area contributed by atoms with E-state index >= 15 is 0 Å². The summed E-state index contributed by atoms with van der Waals surface area (Å²) < 4.78 is 16.5. The predicted molar refractivity (Wildman–Crippen MR) is 108 cm³/mol. The molecule has 0 spiro atoms. The van der Waals surface area contributed by atoms with Crippen LogP contribution in [0.1, 0.15) is 36.8 Å². The molecule has 1 aliphatic carbocycles. The summed E-state index contributed by atoms with van der Waals surface area (Å²) in [6, 6.07) is 13.2. The summed E-state index contributed by atoms with van der Waals surface area (Å²) in [6.07, 6.45) is 5.14. The fraction of sp³-hybridized carbons (Fsp3) is 0.409. The molecular weight excluding hydrogens is 356 g/mol. The van der Waals surface area contributed by atoms with Crippen molar-refractivity contribution in [2.75, 3.05) is 14.2 Å². The number of carbonyl (C=O) groups excluding carboxylic acids is 1. The van der Waals surface area contributed by atoms with Gasteiger partial charge in [0.05, 0.1) is 20.3 Å². The number of ether oxygens (including phenoxy) is 3. The van der Waals surface area contributed by atoms with Crippen molar-refractivity contribution in [2.45, 2.75) is 44.9 Å². The van der Waals surface area contributed by atoms with E-state index in [1.165, 1.54) is 12.8 Å². The number of benzene rings is 2. The van der Waals surface area contributed by atoms with Crippen molar-refractivity contribution in [3.8, 4) is 17.2 Å². The first-order chi connectivity index (χ1) is 13.7. The van der Waals surface area contributed by atoms with Crippen molar-refractivity contribution in [3.63, 3.8) is 0 Å². The number of nitrogens with one attached hydrogen (secondary N) is 2. The normalized spacial score (nSPS) is 13.8. The minimum atomic E-state index is -0.240. The van der Waals surface area contributed by atoms with E-state index in [-0.39, 0.29) is 6.03 Å². The highest BCUT2D eigenvalue weighted by Gasteiger charge is 2.16. The summed E-state index contributed by atoms with van der Waals surface area (Å²) in [5.41, 5.74) is 1.87. The molecule has 2 N–H and O–H groups in total. The highest BCUT2D eigenvalue weighted by atomic mass is 16.5. The molecule has 0 atom stereocenters. The second-order valence-corrected chi connectivity index (χ2v) is 6.88. The lowest BCUT2D eigenvalue weighted by molar-refractivity contribution is 0.210. The largest absolute Gasteiger partial charge is 0.497 e. The number of hydrogen-bond donors (Lipinski definition) is 2. The highest BCUT2D eigenvalue weighted by molar-refractivity contribution is 5.74. The lowest BCUT2D eigenvalue weighted by Gasteiger charge is -2.14. The van der Waals surface area contributed by atoms with Gasteiger partial charge in [0, 0.05) is 18.7 Å². The van der Waals surface area contributed by atoms with Gasteiger partial charge in [0.25, 0.3) is 0 Å². The van der Waals surface area contributed by atoms with Gasteiger partial charge in [-0.1, -0.05) is 12.1 Å². The molecule has 2 aromatic rings. The highest BCUT2D eigenvalue weighted by Crippen LogP contribution is 2.25. The Morgan fingerprint density at radius 1 is 0.929 bits per heavy atom. The topological polar surface area (TPSA) is 68.8 Å². The summed E-state index contributed by atoms with van der Waals surface area (Å²) in [7, 11) is 3.21. The Balaban J connectivity index is 1.45. The maximum absolute atomic E-state index is 12.1. The zero-order chi connectivity index (χ0) is 19.8. The molecule has 0 bridgehead atoms. The van der Waals surface area contributed by atoms with E-state index in [4.69, 9.17) is 14.2 Å². The lowest BCUT2D eigenvalue weighted by atomic mass is 10.2. The fourth-order valence-corrected chi connectivity index (χ4v) is 3.32. The zero-order valence-electron chi connectivity index (χ0n) is 16.5. The van der Waals surface area contributed by atoms with Gasteiger partial charge in [-0.05, 0) is 61.6 Å². The molecule has 0 unspecified atom stereocenters. The average molecular weight is 384 g/mol. The second kappa shape index (κ2) is 9.88. The van der Waals surface area contributed by atoms with E-state index in [1.807, 2.05) is 42.5 Å². The van der Waals surface area contributed by atoms with Gasteiger partial charge >= 0.3 is 6.03 Å². The molecule has 6 nitrogen and oxygen atoms in total. The minimum Gasteiger partial charge on any atom is -0.497 e. The van der Waals surface area contributed by atoms with Gasteiger partial charge in [-0.2, -0.15) is 0 Å². The molecule has 2 aromatic carbocycles. The predicted octanol–water partition coefficient (Wildman–Crippen LogP) is 4.02. The van der Waals surface area contributed by atoms with Crippen molar-refractivity contribution in [2.24, 2.45) is 0 Å². The molecule has 150 valence electrons. The fourth-order valence-electron chi connectivity index (χ4n) is 3.32. The molecule has 1 saturated carbocycles. The maximum atomic E-state index is 12.1. The van der Waals surface area contributed by atoms with Crippen LogP contribution in [0, 0.1) is 0 Å². The molecule has 1 aliphatic rings. The van der Waals surface area contributed by atoms with Crippen molar-refractivity contribution in [3.05, 3.63) is 53.6 Å². The smallest absolute Gasteiger partial charge is 0.315 e. The lowest BCUT2D eigenvalue weighted by Crippen LogP contribution is -2.34. The van der Waals surface area contributed by atoms with E-state index < -0.39 is 0 Å². The number of hydrogen-bond acceptors (Lipinski definition) is 4. The summed E-state index contributed by atoms with van der Waals surface area (Å²) in [5.74, 6) is 2.32. The first kappa shape index (κ1) is 19.9. The van der Waals surface area contributed by atoms with Gasteiger partial charge in [0.1, 0.15) is 17.2 Å². The molecule has 1 fully saturated rings. The van der Waals surface area contributed by atoms with Crippen molar-refractivity contribution >= 4 is 6.03 Å². The third-order valence-electron chi connectivity index (χ3n) is 4.91. The third-order valence-corrected chi connectivity index (χ3v) is 4.91. The third kappa shape index (κ3) is 5.55. The average Bonchev–Trinajstić information content (AvgIpc) is 3.24. The molecular formula is C22H28N2O4. The van der Waals surface area contributed by atoms with E-state index in [2.05, 4.69) is 10.6 Å². The summed E-state index contributed by atoms with van der Waals surface area (Å²) in [6.45, 7) is 0.797. The second-order valence-electron chi connectivity index (χ2n) is 6.88. The van der Waals surface area contributed by atoms with Crippen LogP contribution in [0.3, 0.4) is 0 Å². The van der Waals surface area contributed by atoms with E-state index in [1.54, 1.807) is 14.2 Å². The van der Waals surface area contributed by atoms with Crippen LogP contribution in [0.4, 0.5) is 4.79 Å². The quantitative estimate of drug-likeness (QED) is 0.721. The van der Waals surface area contributed by atoms with E-state index in [0.29, 0.717) is 24.9 Å². The van der Waals surface area contributed by atoms with Crippen LogP contribution < -0.4 is 24.8 Å². The van der Waals surface area contributed by atoms with Gasteiger partial charge in [-0.15, -0.1) is 0 Å². The van der Waals surface area contributed by atoms with Crippen LogP contribution in [-0.4, -0.2) is 26.4 Å². The number of carbonyl (C=O) groups is 1.